The number of hydrogen-bond donors (Lipinski definition) is 0. The van der Waals surface area contributed by atoms with Crippen molar-refractivity contribution in [1.29, 1.82) is 0 Å². The summed E-state index contributed by atoms with van der Waals surface area (Å²) in [7, 11) is 3.93. The van der Waals surface area contributed by atoms with Gasteiger partial charge in [0.2, 0.25) is 0 Å². The standard InChI is InChI=1S/C12H18N2O/c1-8-5-6-12(2)9(7-8)10(15)13-11(12)14(3)4/h7,9H,5-6H2,1-4H3. The van der Waals surface area contributed by atoms with Crippen molar-refractivity contribution >= 4 is 11.7 Å². The Morgan fingerprint density at radius 3 is 2.80 bits per heavy atom. The van der Waals surface area contributed by atoms with Crippen LogP contribution in [0.2, 0.25) is 0 Å². The minimum atomic E-state index is -0.0694. The van der Waals surface area contributed by atoms with E-state index in [0.717, 1.165) is 18.7 Å². The first kappa shape index (κ1) is 10.4. The van der Waals surface area contributed by atoms with Crippen molar-refractivity contribution in [2.24, 2.45) is 16.3 Å². The van der Waals surface area contributed by atoms with Crippen LogP contribution < -0.4 is 0 Å². The summed E-state index contributed by atoms with van der Waals surface area (Å²) in [6, 6.07) is 0. The fourth-order valence-electron chi connectivity index (χ4n) is 2.67. The van der Waals surface area contributed by atoms with Crippen LogP contribution in [0.15, 0.2) is 16.6 Å². The molecule has 0 aromatic heterocycles. The molecule has 0 saturated heterocycles. The molecule has 2 unspecified atom stereocenters. The Balaban J connectivity index is 2.43. The topological polar surface area (TPSA) is 32.7 Å². The van der Waals surface area contributed by atoms with Crippen molar-refractivity contribution in [2.75, 3.05) is 14.1 Å². The summed E-state index contributed by atoms with van der Waals surface area (Å²) < 4.78 is 0. The molecule has 1 aliphatic heterocycles. The van der Waals surface area contributed by atoms with E-state index in [1.807, 2.05) is 19.0 Å². The summed E-state index contributed by atoms with van der Waals surface area (Å²) in [4.78, 5) is 18.0. The van der Waals surface area contributed by atoms with Crippen molar-refractivity contribution in [3.8, 4) is 0 Å². The van der Waals surface area contributed by atoms with Crippen LogP contribution in [0.5, 0.6) is 0 Å². The third kappa shape index (κ3) is 1.41. The number of aliphatic imine (C=N–C) groups is 1. The molecule has 1 aliphatic carbocycles. The predicted molar refractivity (Wildman–Crippen MR) is 60.7 cm³/mol. The van der Waals surface area contributed by atoms with E-state index in [1.54, 1.807) is 0 Å². The van der Waals surface area contributed by atoms with Gasteiger partial charge in [0.05, 0.1) is 5.92 Å². The van der Waals surface area contributed by atoms with Crippen LogP contribution in [0.4, 0.5) is 0 Å². The van der Waals surface area contributed by atoms with Gasteiger partial charge in [-0.1, -0.05) is 18.6 Å². The van der Waals surface area contributed by atoms with E-state index in [9.17, 15) is 4.79 Å². The molecule has 0 saturated carbocycles. The van der Waals surface area contributed by atoms with Crippen molar-refractivity contribution < 1.29 is 4.79 Å². The van der Waals surface area contributed by atoms with Gasteiger partial charge >= 0.3 is 0 Å². The van der Waals surface area contributed by atoms with Gasteiger partial charge in [-0.25, -0.2) is 0 Å². The maximum absolute atomic E-state index is 11.8. The predicted octanol–water partition coefficient (Wildman–Crippen LogP) is 1.85. The molecule has 15 heavy (non-hydrogen) atoms. The number of carbonyl (C=O) groups is 1. The third-order valence-electron chi connectivity index (χ3n) is 3.59. The van der Waals surface area contributed by atoms with Gasteiger partial charge in [0.25, 0.3) is 5.91 Å². The van der Waals surface area contributed by atoms with E-state index >= 15 is 0 Å². The molecule has 0 radical (unpaired) electrons. The second kappa shape index (κ2) is 3.19. The summed E-state index contributed by atoms with van der Waals surface area (Å²) in [5, 5.41) is 0. The monoisotopic (exact) mass is 206 g/mol. The molecule has 1 amide bonds. The second-order valence-electron chi connectivity index (χ2n) is 5.08. The van der Waals surface area contributed by atoms with Gasteiger partial charge in [-0.15, -0.1) is 0 Å². The number of amidine groups is 1. The Morgan fingerprint density at radius 1 is 1.53 bits per heavy atom. The Hall–Kier alpha value is -1.12. The van der Waals surface area contributed by atoms with Crippen molar-refractivity contribution in [1.82, 2.24) is 4.90 Å². The van der Waals surface area contributed by atoms with Crippen LogP contribution in [0, 0.1) is 11.3 Å². The lowest BCUT2D eigenvalue weighted by Crippen LogP contribution is -2.41. The van der Waals surface area contributed by atoms with E-state index < -0.39 is 0 Å². The SMILES string of the molecule is CC1=CC2C(=O)N=C(N(C)C)C2(C)CC1. The molecule has 3 heteroatoms. The van der Waals surface area contributed by atoms with Crippen molar-refractivity contribution in [3.63, 3.8) is 0 Å². The molecule has 0 N–H and O–H groups in total. The number of rotatable bonds is 0. The molecule has 1 heterocycles. The van der Waals surface area contributed by atoms with Gasteiger partial charge in [-0.3, -0.25) is 4.79 Å². The highest BCUT2D eigenvalue weighted by molar-refractivity contribution is 6.07. The van der Waals surface area contributed by atoms with Crippen LogP contribution in [-0.2, 0) is 4.79 Å². The zero-order valence-corrected chi connectivity index (χ0v) is 9.87. The fraction of sp³-hybridized carbons (Fsp3) is 0.667. The number of fused-ring (bicyclic) bond motifs is 1. The molecule has 0 aromatic rings. The van der Waals surface area contributed by atoms with Gasteiger partial charge in [0, 0.05) is 19.5 Å². The highest BCUT2D eigenvalue weighted by Crippen LogP contribution is 2.45. The second-order valence-corrected chi connectivity index (χ2v) is 5.08. The summed E-state index contributed by atoms with van der Waals surface area (Å²) in [6.07, 6.45) is 4.21. The third-order valence-corrected chi connectivity index (χ3v) is 3.59. The highest BCUT2D eigenvalue weighted by atomic mass is 16.1. The normalized spacial score (nSPS) is 34.7. The van der Waals surface area contributed by atoms with Gasteiger partial charge in [-0.2, -0.15) is 4.99 Å². The molecule has 0 bridgehead atoms. The molecule has 2 rings (SSSR count). The van der Waals surface area contributed by atoms with Gasteiger partial charge in [0.15, 0.2) is 0 Å². The minimum absolute atomic E-state index is 0.0244. The Morgan fingerprint density at radius 2 is 2.20 bits per heavy atom. The van der Waals surface area contributed by atoms with E-state index in [-0.39, 0.29) is 17.2 Å². The number of carbonyl (C=O) groups excluding carboxylic acids is 1. The Kier molecular flexibility index (Phi) is 2.21. The first-order valence-electron chi connectivity index (χ1n) is 5.43. The first-order valence-corrected chi connectivity index (χ1v) is 5.43. The van der Waals surface area contributed by atoms with Gasteiger partial charge in [-0.05, 0) is 19.8 Å². The lowest BCUT2D eigenvalue weighted by molar-refractivity contribution is -0.121. The number of allylic oxidation sites excluding steroid dienone is 1. The summed E-state index contributed by atoms with van der Waals surface area (Å²) in [5.74, 6) is 0.949. The van der Waals surface area contributed by atoms with Crippen LogP contribution in [-0.4, -0.2) is 30.7 Å². The van der Waals surface area contributed by atoms with Gasteiger partial charge in [0.1, 0.15) is 5.84 Å². The Labute approximate surface area is 90.9 Å². The molecular weight excluding hydrogens is 188 g/mol. The van der Waals surface area contributed by atoms with Crippen molar-refractivity contribution in [2.45, 2.75) is 26.7 Å². The minimum Gasteiger partial charge on any atom is -0.366 e. The largest absolute Gasteiger partial charge is 0.366 e. The zero-order valence-electron chi connectivity index (χ0n) is 9.87. The van der Waals surface area contributed by atoms with Crippen LogP contribution in [0.1, 0.15) is 26.7 Å². The number of hydrogen-bond acceptors (Lipinski definition) is 2. The molecular formula is C12H18N2O. The molecule has 2 aliphatic rings. The fourth-order valence-corrected chi connectivity index (χ4v) is 2.67. The summed E-state index contributed by atoms with van der Waals surface area (Å²) in [6.45, 7) is 4.25. The lowest BCUT2D eigenvalue weighted by atomic mass is 9.69. The van der Waals surface area contributed by atoms with E-state index in [1.165, 1.54) is 5.57 Å². The maximum Gasteiger partial charge on any atom is 0.255 e. The average molecular weight is 206 g/mol. The van der Waals surface area contributed by atoms with Crippen molar-refractivity contribution in [3.05, 3.63) is 11.6 Å². The molecule has 82 valence electrons. The van der Waals surface area contributed by atoms with Crippen LogP contribution in [0.3, 0.4) is 0 Å². The summed E-state index contributed by atoms with van der Waals surface area (Å²) in [5.41, 5.74) is 1.25. The lowest BCUT2D eigenvalue weighted by Gasteiger charge is -2.36. The highest BCUT2D eigenvalue weighted by Gasteiger charge is 2.49. The van der Waals surface area contributed by atoms with Crippen LogP contribution in [0.25, 0.3) is 0 Å². The van der Waals surface area contributed by atoms with E-state index in [4.69, 9.17) is 0 Å². The molecule has 0 aromatic carbocycles. The molecule has 0 fully saturated rings. The summed E-state index contributed by atoms with van der Waals surface area (Å²) >= 11 is 0. The smallest absolute Gasteiger partial charge is 0.255 e. The Bertz CT molecular complexity index is 368. The average Bonchev–Trinajstić information content (AvgIpc) is 2.41. The molecule has 3 nitrogen and oxygen atoms in total. The molecule has 0 spiro atoms. The van der Waals surface area contributed by atoms with Gasteiger partial charge < -0.3 is 4.90 Å². The maximum atomic E-state index is 11.8. The van der Waals surface area contributed by atoms with Crippen LogP contribution >= 0.6 is 0 Å². The number of amides is 1. The zero-order chi connectivity index (χ0) is 11.2. The molecule has 2 atom stereocenters. The number of nitrogens with zero attached hydrogens (tertiary/aromatic N) is 2. The van der Waals surface area contributed by atoms with E-state index in [2.05, 4.69) is 24.9 Å². The quantitative estimate of drug-likeness (QED) is 0.567. The first-order chi connectivity index (χ1) is 6.95. The van der Waals surface area contributed by atoms with E-state index in [0.29, 0.717) is 0 Å².